The van der Waals surface area contributed by atoms with Crippen molar-refractivity contribution in [2.75, 3.05) is 24.3 Å². The van der Waals surface area contributed by atoms with E-state index in [0.29, 0.717) is 5.56 Å². The molecule has 0 saturated carbocycles. The Morgan fingerprint density at radius 2 is 1.70 bits per heavy atom. The van der Waals surface area contributed by atoms with Gasteiger partial charge in [0.2, 0.25) is 0 Å². The lowest BCUT2D eigenvalue weighted by atomic mass is 10.1. The van der Waals surface area contributed by atoms with Gasteiger partial charge in [-0.2, -0.15) is 0 Å². The van der Waals surface area contributed by atoms with E-state index in [-0.39, 0.29) is 11.9 Å². The molecule has 0 bridgehead atoms. The molecule has 0 spiro atoms. The van der Waals surface area contributed by atoms with Gasteiger partial charge in [0.1, 0.15) is 5.82 Å². The zero-order valence-corrected chi connectivity index (χ0v) is 12.4. The van der Waals surface area contributed by atoms with E-state index in [4.69, 9.17) is 0 Å². The van der Waals surface area contributed by atoms with Crippen LogP contribution in [0.4, 0.5) is 15.8 Å². The van der Waals surface area contributed by atoms with Gasteiger partial charge < -0.3 is 10.2 Å². The molecular weight excluding hydrogens is 251 g/mol. The van der Waals surface area contributed by atoms with Crippen molar-refractivity contribution in [3.05, 3.63) is 59.4 Å². The topological polar surface area (TPSA) is 15.3 Å². The molecule has 0 saturated heterocycles. The fraction of sp³-hybridized carbons (Fsp3) is 0.294. The molecule has 0 fully saturated rings. The lowest BCUT2D eigenvalue weighted by Gasteiger charge is -2.19. The minimum atomic E-state index is -0.176. The van der Waals surface area contributed by atoms with Crippen molar-refractivity contribution in [3.63, 3.8) is 0 Å². The summed E-state index contributed by atoms with van der Waals surface area (Å²) in [6.45, 7) is 3.87. The van der Waals surface area contributed by atoms with E-state index < -0.39 is 0 Å². The molecule has 2 rings (SSSR count). The van der Waals surface area contributed by atoms with E-state index >= 15 is 0 Å². The number of halogens is 1. The van der Waals surface area contributed by atoms with Crippen molar-refractivity contribution in [1.29, 1.82) is 0 Å². The Labute approximate surface area is 120 Å². The van der Waals surface area contributed by atoms with Gasteiger partial charge in [-0.3, -0.25) is 0 Å². The van der Waals surface area contributed by atoms with Crippen LogP contribution in [0.2, 0.25) is 0 Å². The van der Waals surface area contributed by atoms with Gasteiger partial charge in [-0.05, 0) is 43.7 Å². The van der Waals surface area contributed by atoms with Crippen LogP contribution in [-0.4, -0.2) is 14.1 Å². The van der Waals surface area contributed by atoms with E-state index in [0.717, 1.165) is 5.69 Å². The third-order valence-corrected chi connectivity index (χ3v) is 3.55. The molecule has 3 heteroatoms. The summed E-state index contributed by atoms with van der Waals surface area (Å²) in [4.78, 5) is 2.07. The number of nitrogens with zero attached hydrogens (tertiary/aromatic N) is 1. The standard InChI is InChI=1S/C17H21FN2/c1-12-16(18)6-5-7-17(12)19-13(2)14-8-10-15(11-9-14)20(3)4/h5-11,13,19H,1-4H3. The molecule has 106 valence electrons. The predicted octanol–water partition coefficient (Wildman–Crippen LogP) is 4.37. The molecule has 20 heavy (non-hydrogen) atoms. The summed E-state index contributed by atoms with van der Waals surface area (Å²) in [5, 5.41) is 3.36. The first kappa shape index (κ1) is 14.4. The van der Waals surface area contributed by atoms with Crippen molar-refractivity contribution in [2.45, 2.75) is 19.9 Å². The molecule has 2 aromatic rings. The van der Waals surface area contributed by atoms with Gasteiger partial charge in [0.25, 0.3) is 0 Å². The minimum Gasteiger partial charge on any atom is -0.378 e. The lowest BCUT2D eigenvalue weighted by Crippen LogP contribution is -2.10. The number of anilines is 2. The Hall–Kier alpha value is -2.03. The molecule has 2 nitrogen and oxygen atoms in total. The molecule has 0 amide bonds. The fourth-order valence-corrected chi connectivity index (χ4v) is 2.14. The Bertz CT molecular complexity index is 576. The Morgan fingerprint density at radius 1 is 1.05 bits per heavy atom. The van der Waals surface area contributed by atoms with Gasteiger partial charge >= 0.3 is 0 Å². The van der Waals surface area contributed by atoms with Gasteiger partial charge in [0.15, 0.2) is 0 Å². The number of hydrogen-bond donors (Lipinski definition) is 1. The van der Waals surface area contributed by atoms with Crippen LogP contribution < -0.4 is 10.2 Å². The summed E-state index contributed by atoms with van der Waals surface area (Å²) in [6.07, 6.45) is 0. The number of benzene rings is 2. The molecule has 0 aliphatic heterocycles. The zero-order valence-electron chi connectivity index (χ0n) is 12.4. The van der Waals surface area contributed by atoms with Crippen LogP contribution in [0.25, 0.3) is 0 Å². The second-order valence-electron chi connectivity index (χ2n) is 5.26. The van der Waals surface area contributed by atoms with Crippen LogP contribution in [0.3, 0.4) is 0 Å². The molecule has 1 N–H and O–H groups in total. The Kier molecular flexibility index (Phi) is 4.28. The van der Waals surface area contributed by atoms with Crippen molar-refractivity contribution in [3.8, 4) is 0 Å². The highest BCUT2D eigenvalue weighted by Crippen LogP contribution is 2.24. The lowest BCUT2D eigenvalue weighted by molar-refractivity contribution is 0.618. The average molecular weight is 272 g/mol. The largest absolute Gasteiger partial charge is 0.378 e. The summed E-state index contributed by atoms with van der Waals surface area (Å²) >= 11 is 0. The molecule has 1 unspecified atom stereocenters. The summed E-state index contributed by atoms with van der Waals surface area (Å²) in [5.74, 6) is -0.176. The first-order valence-corrected chi connectivity index (χ1v) is 6.78. The molecule has 2 aromatic carbocycles. The SMILES string of the molecule is Cc1c(F)cccc1NC(C)c1ccc(N(C)C)cc1. The Morgan fingerprint density at radius 3 is 2.30 bits per heavy atom. The normalized spacial score (nSPS) is 12.1. The van der Waals surface area contributed by atoms with E-state index in [1.54, 1.807) is 13.0 Å². The van der Waals surface area contributed by atoms with Gasteiger partial charge in [-0.15, -0.1) is 0 Å². The van der Waals surface area contributed by atoms with Gasteiger partial charge in [-0.25, -0.2) is 4.39 Å². The zero-order chi connectivity index (χ0) is 14.7. The summed E-state index contributed by atoms with van der Waals surface area (Å²) in [6, 6.07) is 13.6. The quantitative estimate of drug-likeness (QED) is 0.889. The molecule has 1 atom stereocenters. The summed E-state index contributed by atoms with van der Waals surface area (Å²) in [7, 11) is 4.04. The molecular formula is C17H21FN2. The summed E-state index contributed by atoms with van der Waals surface area (Å²) in [5.41, 5.74) is 3.85. The molecule has 0 aromatic heterocycles. The number of nitrogens with one attached hydrogen (secondary N) is 1. The second kappa shape index (κ2) is 5.95. The minimum absolute atomic E-state index is 0.131. The number of hydrogen-bond acceptors (Lipinski definition) is 2. The van der Waals surface area contributed by atoms with E-state index in [9.17, 15) is 4.39 Å². The first-order valence-electron chi connectivity index (χ1n) is 6.78. The molecule has 0 radical (unpaired) electrons. The van der Waals surface area contributed by atoms with Crippen molar-refractivity contribution in [2.24, 2.45) is 0 Å². The van der Waals surface area contributed by atoms with Crippen LogP contribution in [0.1, 0.15) is 24.1 Å². The predicted molar refractivity (Wildman–Crippen MR) is 83.9 cm³/mol. The van der Waals surface area contributed by atoms with Gasteiger partial charge in [-0.1, -0.05) is 18.2 Å². The smallest absolute Gasteiger partial charge is 0.128 e. The maximum Gasteiger partial charge on any atom is 0.128 e. The van der Waals surface area contributed by atoms with Crippen molar-refractivity contribution >= 4 is 11.4 Å². The highest BCUT2D eigenvalue weighted by atomic mass is 19.1. The monoisotopic (exact) mass is 272 g/mol. The Balaban J connectivity index is 2.15. The van der Waals surface area contributed by atoms with Crippen LogP contribution in [0, 0.1) is 12.7 Å². The van der Waals surface area contributed by atoms with Gasteiger partial charge in [0.05, 0.1) is 0 Å². The van der Waals surface area contributed by atoms with Gasteiger partial charge in [0, 0.05) is 37.1 Å². The molecule has 0 heterocycles. The average Bonchev–Trinajstić information content (AvgIpc) is 2.44. The number of rotatable bonds is 4. The highest BCUT2D eigenvalue weighted by molar-refractivity contribution is 5.53. The van der Waals surface area contributed by atoms with Crippen LogP contribution in [0.5, 0.6) is 0 Å². The molecule has 0 aliphatic rings. The first-order chi connectivity index (χ1) is 9.49. The highest BCUT2D eigenvalue weighted by Gasteiger charge is 2.09. The van der Waals surface area contributed by atoms with Crippen molar-refractivity contribution in [1.82, 2.24) is 0 Å². The van der Waals surface area contributed by atoms with E-state index in [2.05, 4.69) is 41.4 Å². The maximum atomic E-state index is 13.5. The fourth-order valence-electron chi connectivity index (χ4n) is 2.14. The van der Waals surface area contributed by atoms with Crippen LogP contribution in [-0.2, 0) is 0 Å². The summed E-state index contributed by atoms with van der Waals surface area (Å²) < 4.78 is 13.5. The van der Waals surface area contributed by atoms with Crippen LogP contribution in [0.15, 0.2) is 42.5 Å². The van der Waals surface area contributed by atoms with E-state index in [1.165, 1.54) is 17.3 Å². The third-order valence-electron chi connectivity index (χ3n) is 3.55. The third kappa shape index (κ3) is 3.10. The van der Waals surface area contributed by atoms with Crippen LogP contribution >= 0.6 is 0 Å². The van der Waals surface area contributed by atoms with Crippen molar-refractivity contribution < 1.29 is 4.39 Å². The molecule has 0 aliphatic carbocycles. The second-order valence-corrected chi connectivity index (χ2v) is 5.26. The van der Waals surface area contributed by atoms with E-state index in [1.807, 2.05) is 20.2 Å². The maximum absolute atomic E-state index is 13.5.